The highest BCUT2D eigenvalue weighted by molar-refractivity contribution is 5.94. The van der Waals surface area contributed by atoms with Crippen molar-refractivity contribution < 1.29 is 13.6 Å². The number of likely N-dealkylation sites (tertiary alicyclic amines) is 1. The number of nitrogens with zero attached hydrogens (tertiary/aromatic N) is 6. The molecule has 9 heteroatoms. The summed E-state index contributed by atoms with van der Waals surface area (Å²) in [5, 5.41) is 8.85. The van der Waals surface area contributed by atoms with E-state index in [4.69, 9.17) is 5.26 Å². The first kappa shape index (κ1) is 18.2. The number of alkyl halides is 2. The van der Waals surface area contributed by atoms with Gasteiger partial charge in [-0.1, -0.05) is 0 Å². The van der Waals surface area contributed by atoms with E-state index >= 15 is 0 Å². The van der Waals surface area contributed by atoms with E-state index in [1.54, 1.807) is 24.5 Å². The standard InChI is InChI=1S/C19H18F2N6O/c20-19(21)5-7-26(8-6-19)18(28)13-1-4-17(25-10-13)27(14-2-3-14)15-11-23-16(9-22)24-12-15/h1,4,10-12,14H,2-3,5-8H2. The van der Waals surface area contributed by atoms with E-state index in [0.29, 0.717) is 11.4 Å². The fraction of sp³-hybridized carbons (Fsp3) is 0.421. The average molecular weight is 384 g/mol. The van der Waals surface area contributed by atoms with Gasteiger partial charge in [0, 0.05) is 38.2 Å². The number of hydrogen-bond donors (Lipinski definition) is 0. The summed E-state index contributed by atoms with van der Waals surface area (Å²) < 4.78 is 26.6. The zero-order valence-electron chi connectivity index (χ0n) is 15.1. The van der Waals surface area contributed by atoms with Crippen molar-refractivity contribution >= 4 is 17.4 Å². The number of piperidine rings is 1. The van der Waals surface area contributed by atoms with Crippen molar-refractivity contribution in [1.29, 1.82) is 5.26 Å². The van der Waals surface area contributed by atoms with Crippen molar-refractivity contribution in [1.82, 2.24) is 19.9 Å². The fourth-order valence-electron chi connectivity index (χ4n) is 3.24. The minimum absolute atomic E-state index is 0.0460. The third-order valence-corrected chi connectivity index (χ3v) is 4.95. The smallest absolute Gasteiger partial charge is 0.255 e. The number of halogens is 2. The van der Waals surface area contributed by atoms with Gasteiger partial charge in [-0.25, -0.2) is 23.7 Å². The van der Waals surface area contributed by atoms with Crippen LogP contribution in [0.15, 0.2) is 30.7 Å². The number of nitriles is 1. The summed E-state index contributed by atoms with van der Waals surface area (Å²) >= 11 is 0. The van der Waals surface area contributed by atoms with Crippen LogP contribution in [0, 0.1) is 11.3 Å². The SMILES string of the molecule is N#Cc1ncc(N(c2ccc(C(=O)N3CCC(F)(F)CC3)cn2)C2CC2)cn1. The Morgan fingerprint density at radius 3 is 2.36 bits per heavy atom. The first-order chi connectivity index (χ1) is 13.5. The van der Waals surface area contributed by atoms with E-state index in [1.807, 2.05) is 11.0 Å². The molecule has 7 nitrogen and oxygen atoms in total. The Morgan fingerprint density at radius 2 is 1.82 bits per heavy atom. The molecule has 2 aromatic rings. The molecule has 0 unspecified atom stereocenters. The van der Waals surface area contributed by atoms with Gasteiger partial charge in [-0.2, -0.15) is 5.26 Å². The molecule has 0 radical (unpaired) electrons. The molecular formula is C19H18F2N6O. The highest BCUT2D eigenvalue weighted by Gasteiger charge is 2.36. The van der Waals surface area contributed by atoms with Gasteiger partial charge < -0.3 is 9.80 Å². The summed E-state index contributed by atoms with van der Waals surface area (Å²) in [6.45, 7) is 0.0920. The topological polar surface area (TPSA) is 86.0 Å². The predicted molar refractivity (Wildman–Crippen MR) is 96.2 cm³/mol. The van der Waals surface area contributed by atoms with Gasteiger partial charge >= 0.3 is 0 Å². The lowest BCUT2D eigenvalue weighted by Gasteiger charge is -2.31. The summed E-state index contributed by atoms with van der Waals surface area (Å²) in [4.78, 5) is 28.4. The molecule has 2 fully saturated rings. The maximum Gasteiger partial charge on any atom is 0.255 e. The monoisotopic (exact) mass is 384 g/mol. The Kier molecular flexibility index (Phi) is 4.63. The Hall–Kier alpha value is -3.15. The average Bonchev–Trinajstić information content (AvgIpc) is 3.54. The summed E-state index contributed by atoms with van der Waals surface area (Å²) in [7, 11) is 0. The van der Waals surface area contributed by atoms with E-state index in [1.165, 1.54) is 11.1 Å². The van der Waals surface area contributed by atoms with E-state index in [9.17, 15) is 13.6 Å². The number of amides is 1. The first-order valence-electron chi connectivity index (χ1n) is 9.11. The van der Waals surface area contributed by atoms with Crippen molar-refractivity contribution in [3.63, 3.8) is 0 Å². The normalized spacial score (nSPS) is 18.4. The van der Waals surface area contributed by atoms with Crippen LogP contribution in [-0.2, 0) is 0 Å². The van der Waals surface area contributed by atoms with Crippen molar-refractivity contribution in [3.05, 3.63) is 42.1 Å². The Labute approximate surface area is 160 Å². The number of pyridine rings is 1. The van der Waals surface area contributed by atoms with Crippen LogP contribution < -0.4 is 4.90 Å². The van der Waals surface area contributed by atoms with Gasteiger partial charge in [0.25, 0.3) is 11.8 Å². The number of rotatable bonds is 4. The zero-order valence-corrected chi connectivity index (χ0v) is 15.1. The molecule has 0 atom stereocenters. The van der Waals surface area contributed by atoms with Gasteiger partial charge in [0.1, 0.15) is 11.9 Å². The summed E-state index contributed by atoms with van der Waals surface area (Å²) in [6, 6.07) is 5.56. The van der Waals surface area contributed by atoms with E-state index in [2.05, 4.69) is 15.0 Å². The molecule has 28 heavy (non-hydrogen) atoms. The quantitative estimate of drug-likeness (QED) is 0.806. The predicted octanol–water partition coefficient (Wildman–Crippen LogP) is 2.92. The molecule has 1 aliphatic carbocycles. The van der Waals surface area contributed by atoms with Crippen LogP contribution in [0.2, 0.25) is 0 Å². The number of hydrogen-bond acceptors (Lipinski definition) is 6. The summed E-state index contributed by atoms with van der Waals surface area (Å²) in [6.07, 6.45) is 6.03. The molecule has 2 aliphatic rings. The molecule has 0 bridgehead atoms. The largest absolute Gasteiger partial charge is 0.338 e. The van der Waals surface area contributed by atoms with Crippen molar-refractivity contribution in [3.8, 4) is 6.07 Å². The highest BCUT2D eigenvalue weighted by atomic mass is 19.3. The Morgan fingerprint density at radius 1 is 1.14 bits per heavy atom. The van der Waals surface area contributed by atoms with Crippen molar-refractivity contribution in [2.24, 2.45) is 0 Å². The van der Waals surface area contributed by atoms with E-state index < -0.39 is 5.92 Å². The van der Waals surface area contributed by atoms with Crippen LogP contribution >= 0.6 is 0 Å². The second-order valence-electron chi connectivity index (χ2n) is 7.03. The van der Waals surface area contributed by atoms with Crippen LogP contribution in [0.3, 0.4) is 0 Å². The number of aromatic nitrogens is 3. The van der Waals surface area contributed by atoms with Gasteiger partial charge in [-0.15, -0.1) is 0 Å². The molecular weight excluding hydrogens is 366 g/mol. The second-order valence-corrected chi connectivity index (χ2v) is 7.03. The molecule has 1 aliphatic heterocycles. The number of carbonyl (C=O) groups excluding carboxylic acids is 1. The fourth-order valence-corrected chi connectivity index (χ4v) is 3.24. The third-order valence-electron chi connectivity index (χ3n) is 4.95. The molecule has 0 spiro atoms. The molecule has 0 aromatic carbocycles. The van der Waals surface area contributed by atoms with Gasteiger partial charge in [0.2, 0.25) is 5.82 Å². The first-order valence-corrected chi connectivity index (χ1v) is 9.11. The zero-order chi connectivity index (χ0) is 19.7. The lowest BCUT2D eigenvalue weighted by atomic mass is 10.1. The van der Waals surface area contributed by atoms with Crippen LogP contribution in [0.4, 0.5) is 20.3 Å². The van der Waals surface area contributed by atoms with Crippen LogP contribution in [-0.4, -0.2) is 50.8 Å². The molecule has 3 heterocycles. The Balaban J connectivity index is 1.51. The van der Waals surface area contributed by atoms with Gasteiger partial charge in [-0.3, -0.25) is 4.79 Å². The lowest BCUT2D eigenvalue weighted by molar-refractivity contribution is -0.0494. The maximum absolute atomic E-state index is 13.3. The number of anilines is 2. The van der Waals surface area contributed by atoms with E-state index in [0.717, 1.165) is 18.5 Å². The lowest BCUT2D eigenvalue weighted by Crippen LogP contribution is -2.42. The molecule has 1 saturated heterocycles. The van der Waals surface area contributed by atoms with Crippen LogP contribution in [0.5, 0.6) is 0 Å². The molecule has 4 rings (SSSR count). The Bertz CT molecular complexity index is 896. The van der Waals surface area contributed by atoms with E-state index in [-0.39, 0.29) is 43.7 Å². The van der Waals surface area contributed by atoms with Gasteiger partial charge in [0.05, 0.1) is 23.6 Å². The van der Waals surface area contributed by atoms with Crippen LogP contribution in [0.25, 0.3) is 0 Å². The second kappa shape index (κ2) is 7.11. The van der Waals surface area contributed by atoms with Gasteiger partial charge in [0.15, 0.2) is 0 Å². The highest BCUT2D eigenvalue weighted by Crippen LogP contribution is 2.36. The molecule has 1 saturated carbocycles. The molecule has 1 amide bonds. The third kappa shape index (κ3) is 3.76. The molecule has 0 N–H and O–H groups in total. The minimum atomic E-state index is -2.69. The van der Waals surface area contributed by atoms with Crippen molar-refractivity contribution in [2.45, 2.75) is 37.6 Å². The molecule has 144 valence electrons. The van der Waals surface area contributed by atoms with Crippen LogP contribution in [0.1, 0.15) is 41.9 Å². The maximum atomic E-state index is 13.3. The summed E-state index contributed by atoms with van der Waals surface area (Å²) in [5.74, 6) is -2.22. The number of carbonyl (C=O) groups is 1. The van der Waals surface area contributed by atoms with Gasteiger partial charge in [-0.05, 0) is 25.0 Å². The molecule has 2 aromatic heterocycles. The van der Waals surface area contributed by atoms with Crippen molar-refractivity contribution in [2.75, 3.05) is 18.0 Å². The minimum Gasteiger partial charge on any atom is -0.338 e. The summed E-state index contributed by atoms with van der Waals surface area (Å²) in [5.41, 5.74) is 1.10.